The summed E-state index contributed by atoms with van der Waals surface area (Å²) in [5.41, 5.74) is 1.36. The Balaban J connectivity index is 1.43. The van der Waals surface area contributed by atoms with Crippen molar-refractivity contribution in [3.8, 4) is 17.6 Å². The maximum Gasteiger partial charge on any atom is 0.267 e. The van der Waals surface area contributed by atoms with Crippen LogP contribution in [0.2, 0.25) is 0 Å². The summed E-state index contributed by atoms with van der Waals surface area (Å²) >= 11 is 0. The zero-order valence-electron chi connectivity index (χ0n) is 16.6. The van der Waals surface area contributed by atoms with E-state index in [1.54, 1.807) is 24.3 Å². The molecule has 0 aliphatic rings. The van der Waals surface area contributed by atoms with Crippen molar-refractivity contribution in [1.82, 2.24) is 0 Å². The number of hydrogen-bond donors (Lipinski definition) is 2. The number of nitriles is 1. The molecule has 0 aliphatic carbocycles. The smallest absolute Gasteiger partial charge is 0.267 e. The van der Waals surface area contributed by atoms with Crippen LogP contribution in [-0.4, -0.2) is 5.91 Å². The number of anilines is 2. The Hall–Kier alpha value is -4.56. The minimum atomic E-state index is -0.494. The highest BCUT2D eigenvalue weighted by atomic mass is 16.5. The van der Waals surface area contributed by atoms with Crippen LogP contribution in [0.25, 0.3) is 10.8 Å². The van der Waals surface area contributed by atoms with E-state index in [9.17, 15) is 10.1 Å². The third-order valence-electron chi connectivity index (χ3n) is 4.62. The zero-order chi connectivity index (χ0) is 21.5. The number of ether oxygens (including phenoxy) is 1. The van der Waals surface area contributed by atoms with Crippen molar-refractivity contribution >= 4 is 28.1 Å². The molecule has 2 N–H and O–H groups in total. The number of nitrogens with one attached hydrogen (secondary N) is 2. The molecule has 0 heterocycles. The Bertz CT molecular complexity index is 1270. The van der Waals surface area contributed by atoms with Gasteiger partial charge in [-0.15, -0.1) is 0 Å². The standard InChI is InChI=1S/C26H19N3O2/c27-17-20(18-28-25-12-6-8-19-7-4-5-11-24(19)25)26(30)29-21-13-15-23(16-14-21)31-22-9-2-1-3-10-22/h1-16,18,28H,(H,29,30)/b20-18-. The Labute approximate surface area is 180 Å². The number of hydrogen-bond acceptors (Lipinski definition) is 4. The zero-order valence-corrected chi connectivity index (χ0v) is 16.6. The summed E-state index contributed by atoms with van der Waals surface area (Å²) in [4.78, 5) is 12.5. The average Bonchev–Trinajstić information content (AvgIpc) is 2.81. The quantitative estimate of drug-likeness (QED) is 0.301. The van der Waals surface area contributed by atoms with Gasteiger partial charge in [-0.3, -0.25) is 4.79 Å². The Morgan fingerprint density at radius 3 is 2.26 bits per heavy atom. The van der Waals surface area contributed by atoms with E-state index in [-0.39, 0.29) is 5.57 Å². The molecule has 0 fully saturated rings. The molecule has 0 aromatic heterocycles. The number of rotatable bonds is 6. The van der Waals surface area contributed by atoms with E-state index in [4.69, 9.17) is 4.74 Å². The first-order valence-electron chi connectivity index (χ1n) is 9.72. The highest BCUT2D eigenvalue weighted by Gasteiger charge is 2.10. The van der Waals surface area contributed by atoms with Crippen molar-refractivity contribution in [2.24, 2.45) is 0 Å². The second kappa shape index (κ2) is 9.29. The summed E-state index contributed by atoms with van der Waals surface area (Å²) in [7, 11) is 0. The van der Waals surface area contributed by atoms with E-state index in [0.29, 0.717) is 11.4 Å². The second-order valence-corrected chi connectivity index (χ2v) is 6.73. The predicted molar refractivity (Wildman–Crippen MR) is 123 cm³/mol. The van der Waals surface area contributed by atoms with Gasteiger partial charge in [0.2, 0.25) is 0 Å². The molecule has 1 amide bonds. The van der Waals surface area contributed by atoms with Crippen LogP contribution >= 0.6 is 0 Å². The number of benzene rings is 4. The number of carbonyl (C=O) groups is 1. The first-order valence-corrected chi connectivity index (χ1v) is 9.72. The lowest BCUT2D eigenvalue weighted by molar-refractivity contribution is -0.112. The molecular formula is C26H19N3O2. The highest BCUT2D eigenvalue weighted by Crippen LogP contribution is 2.24. The lowest BCUT2D eigenvalue weighted by Crippen LogP contribution is -2.14. The van der Waals surface area contributed by atoms with Gasteiger partial charge in [0.15, 0.2) is 0 Å². The van der Waals surface area contributed by atoms with Crippen molar-refractivity contribution in [2.45, 2.75) is 0 Å². The number of nitrogens with zero attached hydrogens (tertiary/aromatic N) is 1. The predicted octanol–water partition coefficient (Wildman–Crippen LogP) is 6.09. The van der Waals surface area contributed by atoms with Crippen LogP contribution in [0.4, 0.5) is 11.4 Å². The molecular weight excluding hydrogens is 386 g/mol. The fourth-order valence-corrected chi connectivity index (χ4v) is 3.08. The van der Waals surface area contributed by atoms with Gasteiger partial charge in [0.05, 0.1) is 0 Å². The molecule has 4 rings (SSSR count). The summed E-state index contributed by atoms with van der Waals surface area (Å²) in [5, 5.41) is 17.3. The van der Waals surface area contributed by atoms with Crippen molar-refractivity contribution in [2.75, 3.05) is 10.6 Å². The fourth-order valence-electron chi connectivity index (χ4n) is 3.08. The Kier molecular flexibility index (Phi) is 5.92. The van der Waals surface area contributed by atoms with Gasteiger partial charge < -0.3 is 15.4 Å². The topological polar surface area (TPSA) is 74.2 Å². The molecule has 0 saturated carbocycles. The van der Waals surface area contributed by atoms with Crippen LogP contribution in [0, 0.1) is 11.3 Å². The normalized spacial score (nSPS) is 10.9. The minimum absolute atomic E-state index is 0.0300. The monoisotopic (exact) mass is 405 g/mol. The average molecular weight is 405 g/mol. The van der Waals surface area contributed by atoms with Gasteiger partial charge in [0.25, 0.3) is 5.91 Å². The molecule has 31 heavy (non-hydrogen) atoms. The lowest BCUT2D eigenvalue weighted by atomic mass is 10.1. The maximum absolute atomic E-state index is 12.5. The first kappa shape index (κ1) is 19.7. The molecule has 4 aromatic rings. The van der Waals surface area contributed by atoms with E-state index < -0.39 is 5.91 Å². The molecule has 0 spiro atoms. The number of carbonyl (C=O) groups excluding carboxylic acids is 1. The third kappa shape index (κ3) is 4.89. The van der Waals surface area contributed by atoms with Gasteiger partial charge in [-0.2, -0.15) is 5.26 Å². The van der Waals surface area contributed by atoms with Gasteiger partial charge >= 0.3 is 0 Å². The number of fused-ring (bicyclic) bond motifs is 1. The van der Waals surface area contributed by atoms with Crippen LogP contribution in [0.1, 0.15) is 0 Å². The number of para-hydroxylation sites is 1. The summed E-state index contributed by atoms with van der Waals surface area (Å²) in [6.07, 6.45) is 1.42. The van der Waals surface area contributed by atoms with Crippen molar-refractivity contribution < 1.29 is 9.53 Å². The molecule has 0 bridgehead atoms. The van der Waals surface area contributed by atoms with Crippen LogP contribution in [0.5, 0.6) is 11.5 Å². The van der Waals surface area contributed by atoms with Gasteiger partial charge in [-0.05, 0) is 47.9 Å². The van der Waals surface area contributed by atoms with E-state index in [0.717, 1.165) is 22.2 Å². The highest BCUT2D eigenvalue weighted by molar-refractivity contribution is 6.07. The lowest BCUT2D eigenvalue weighted by Gasteiger charge is -2.09. The summed E-state index contributed by atoms with van der Waals surface area (Å²) in [6, 6.07) is 32.1. The van der Waals surface area contributed by atoms with E-state index in [1.165, 1.54) is 6.20 Å². The molecule has 0 radical (unpaired) electrons. The Morgan fingerprint density at radius 2 is 1.48 bits per heavy atom. The third-order valence-corrected chi connectivity index (χ3v) is 4.62. The van der Waals surface area contributed by atoms with E-state index >= 15 is 0 Å². The summed E-state index contributed by atoms with van der Waals surface area (Å²) in [6.45, 7) is 0. The van der Waals surface area contributed by atoms with E-state index in [2.05, 4.69) is 10.6 Å². The molecule has 0 aliphatic heterocycles. The van der Waals surface area contributed by atoms with Crippen LogP contribution in [0.15, 0.2) is 109 Å². The minimum Gasteiger partial charge on any atom is -0.457 e. The van der Waals surface area contributed by atoms with Crippen LogP contribution < -0.4 is 15.4 Å². The molecule has 4 aromatic carbocycles. The second-order valence-electron chi connectivity index (χ2n) is 6.73. The summed E-state index contributed by atoms with van der Waals surface area (Å²) < 4.78 is 5.74. The molecule has 5 nitrogen and oxygen atoms in total. The van der Waals surface area contributed by atoms with Crippen molar-refractivity contribution in [3.05, 3.63) is 109 Å². The Morgan fingerprint density at radius 1 is 0.806 bits per heavy atom. The van der Waals surface area contributed by atoms with Gasteiger partial charge in [-0.1, -0.05) is 54.6 Å². The summed E-state index contributed by atoms with van der Waals surface area (Å²) in [5.74, 6) is 0.887. The molecule has 0 atom stereocenters. The van der Waals surface area contributed by atoms with Gasteiger partial charge in [0, 0.05) is 23.0 Å². The van der Waals surface area contributed by atoms with Crippen molar-refractivity contribution in [1.29, 1.82) is 5.26 Å². The van der Waals surface area contributed by atoms with E-state index in [1.807, 2.05) is 78.9 Å². The van der Waals surface area contributed by atoms with Gasteiger partial charge in [-0.25, -0.2) is 0 Å². The molecule has 5 heteroatoms. The maximum atomic E-state index is 12.5. The van der Waals surface area contributed by atoms with Crippen molar-refractivity contribution in [3.63, 3.8) is 0 Å². The molecule has 0 saturated heterocycles. The number of amides is 1. The first-order chi connectivity index (χ1) is 15.2. The fraction of sp³-hybridized carbons (Fsp3) is 0. The van der Waals surface area contributed by atoms with Crippen LogP contribution in [-0.2, 0) is 4.79 Å². The molecule has 150 valence electrons. The molecule has 0 unspecified atom stereocenters. The van der Waals surface area contributed by atoms with Crippen LogP contribution in [0.3, 0.4) is 0 Å². The van der Waals surface area contributed by atoms with Gasteiger partial charge in [0.1, 0.15) is 23.1 Å². The largest absolute Gasteiger partial charge is 0.457 e. The SMILES string of the molecule is N#C/C(=C/Nc1cccc2ccccc12)C(=O)Nc1ccc(Oc2ccccc2)cc1.